The second-order valence-electron chi connectivity index (χ2n) is 38.4. The summed E-state index contributed by atoms with van der Waals surface area (Å²) < 4.78 is 226. The van der Waals surface area contributed by atoms with Crippen LogP contribution in [0.3, 0.4) is 0 Å². The minimum Gasteiger partial charge on any atom is -0.453 e. The number of amides is 1. The molecule has 1 amide bonds. The molecule has 3 saturated carbocycles. The van der Waals surface area contributed by atoms with Crippen molar-refractivity contribution in [3.63, 3.8) is 0 Å². The summed E-state index contributed by atoms with van der Waals surface area (Å²) in [7, 11) is -3.34. The normalized spacial score (nSPS) is 21.2. The quantitative estimate of drug-likeness (QED) is 0.0180. The highest BCUT2D eigenvalue weighted by molar-refractivity contribution is 7.90. The largest absolute Gasteiger partial charge is 0.453 e. The van der Waals surface area contributed by atoms with E-state index >= 15 is 0 Å². The van der Waals surface area contributed by atoms with Crippen molar-refractivity contribution in [1.29, 1.82) is 0 Å². The van der Waals surface area contributed by atoms with E-state index in [1.807, 2.05) is 43.9 Å². The van der Waals surface area contributed by atoms with Gasteiger partial charge in [-0.25, -0.2) is 94.8 Å². The minimum absolute atomic E-state index is 0.000179. The van der Waals surface area contributed by atoms with E-state index in [9.17, 15) is 89.1 Å². The first-order chi connectivity index (χ1) is 71.3. The predicted octanol–water partition coefficient (Wildman–Crippen LogP) is 16.0. The maximum absolute atomic E-state index is 14.6. The van der Waals surface area contributed by atoms with Gasteiger partial charge in [-0.2, -0.15) is 0 Å². The summed E-state index contributed by atoms with van der Waals surface area (Å²) in [6.45, 7) is 10.6. The van der Waals surface area contributed by atoms with E-state index in [-0.39, 0.29) is 169 Å². The molecular weight excluding hydrogens is 2000 g/mol. The lowest BCUT2D eigenvalue weighted by Crippen LogP contribution is -2.62. The van der Waals surface area contributed by atoms with Crippen molar-refractivity contribution in [2.45, 2.75) is 165 Å². The highest BCUT2D eigenvalue weighted by Gasteiger charge is 2.42. The summed E-state index contributed by atoms with van der Waals surface area (Å²) in [5.74, 6) is -12.1. The molecule has 0 bridgehead atoms. The molecule has 42 heteroatoms. The van der Waals surface area contributed by atoms with Gasteiger partial charge in [0, 0.05) is 143 Å². The molecule has 15 atom stereocenters. The first-order valence-corrected chi connectivity index (χ1v) is 52.4. The average molecular weight is 2120 g/mol. The smallest absolute Gasteiger partial charge is 0.407 e. The number of aromatic nitrogens is 9. The number of nitrogens with two attached hydrogens (primary N) is 5. The molecule has 150 heavy (non-hydrogen) atoms. The highest BCUT2D eigenvalue weighted by Crippen LogP contribution is 2.44. The molecule has 29 nitrogen and oxygen atoms in total. The lowest BCUT2D eigenvalue weighted by atomic mass is 9.73. The maximum Gasteiger partial charge on any atom is 0.407 e. The molecule has 3 aliphatic carbocycles. The van der Waals surface area contributed by atoms with Crippen molar-refractivity contribution >= 4 is 60.3 Å². The van der Waals surface area contributed by atoms with E-state index in [1.165, 1.54) is 44.5 Å². The molecule has 9 heterocycles. The number of methoxy groups -OCH3 is 2. The molecule has 1 aliphatic heterocycles. The molecule has 4 fully saturated rings. The summed E-state index contributed by atoms with van der Waals surface area (Å²) in [4.78, 5) is 103. The molecule has 8 aromatic heterocycles. The van der Waals surface area contributed by atoms with Gasteiger partial charge in [-0.1, -0.05) is 45.9 Å². The van der Waals surface area contributed by atoms with Crippen LogP contribution >= 0.6 is 0 Å². The van der Waals surface area contributed by atoms with Crippen molar-refractivity contribution < 1.29 is 108 Å². The van der Waals surface area contributed by atoms with Crippen LogP contribution in [0.4, 0.5) is 64.5 Å². The van der Waals surface area contributed by atoms with Crippen molar-refractivity contribution in [3.8, 4) is 45.2 Å². The Morgan fingerprint density at radius 3 is 1.13 bits per heavy atom. The number of anilines is 2. The number of carbonyl (C=O) groups is 5. The maximum atomic E-state index is 14.6. The molecule has 4 aliphatic rings. The number of hydrogen-bond donors (Lipinski definition) is 6. The zero-order chi connectivity index (χ0) is 109. The van der Waals surface area contributed by atoms with Gasteiger partial charge in [-0.15, -0.1) is 0 Å². The van der Waals surface area contributed by atoms with E-state index in [1.54, 1.807) is 62.8 Å². The molecule has 0 unspecified atom stereocenters. The Morgan fingerprint density at radius 2 is 0.760 bits per heavy atom. The third-order valence-corrected chi connectivity index (χ3v) is 28.9. The third-order valence-electron chi connectivity index (χ3n) is 27.1. The van der Waals surface area contributed by atoms with Gasteiger partial charge in [0.15, 0.2) is 29.0 Å². The number of halogens is 11. The number of pyridine rings is 7. The van der Waals surface area contributed by atoms with E-state index in [2.05, 4.69) is 57.1 Å². The number of aryl methyl sites for hydroxylation is 1. The zero-order valence-corrected chi connectivity index (χ0v) is 85.1. The number of nitrogens with zero attached hydrogens (tertiary/aromatic N) is 10. The number of nitrogen functional groups attached to an aromatic ring is 1. The summed E-state index contributed by atoms with van der Waals surface area (Å²) in [5, 5.41) is 2.77. The number of benzene rings is 4. The molecule has 11 N–H and O–H groups in total. The fourth-order valence-electron chi connectivity index (χ4n) is 20.1. The lowest BCUT2D eigenvalue weighted by molar-refractivity contribution is -0.0154. The van der Waals surface area contributed by atoms with E-state index < -0.39 is 158 Å². The van der Waals surface area contributed by atoms with E-state index in [0.29, 0.717) is 61.0 Å². The minimum atomic E-state index is -3.15. The Labute approximate surface area is 860 Å². The van der Waals surface area contributed by atoms with Crippen molar-refractivity contribution in [2.75, 3.05) is 75.2 Å². The SMILES string of the molecule is COC(=O)N[C@@H]1[C@H](N)CN(c2ccncc2CC(=O)c2ccc(F)c(-c3c(F)cc(C)cc3F)n2)C[C@@H]1C.CO[C@@H]1[C@H](N)C[C@H](c2ccncc2CC(=O)c2nc(-c3c(F)cccc3F)ncc2N)C[C@@H]1C.C[C@@H]1C[C@H](c2ccncc2CC(=O)c2ccc(F)c(-c3c(F)cccc3F)n2)C[C@H](N)[C@@H]1OCCS(C)(=O)=O.C[C@H]1C[C@@H](c2ccncc2CC(=O)c2ccc(F)c(-c3c(F)cccc3F)n2)C[C@@H](N)[C@H]1OCCS(C)(=O)=O. The fraction of sp³-hybridized carbons (Fsp3) is 0.370. The Morgan fingerprint density at radius 1 is 0.407 bits per heavy atom. The number of Topliss-reactive ketones (excluding diaryl/α,β-unsaturated/α-hetero) is 4. The van der Waals surface area contributed by atoms with Crippen LogP contribution in [0.2, 0.25) is 0 Å². The van der Waals surface area contributed by atoms with E-state index in [0.717, 1.165) is 132 Å². The van der Waals surface area contributed by atoms with E-state index in [4.69, 9.17) is 47.6 Å². The van der Waals surface area contributed by atoms with Crippen LogP contribution in [0.5, 0.6) is 0 Å². The summed E-state index contributed by atoms with van der Waals surface area (Å²) >= 11 is 0. The number of piperidine rings is 1. The van der Waals surface area contributed by atoms with Gasteiger partial charge < -0.3 is 57.8 Å². The molecule has 0 radical (unpaired) electrons. The number of ether oxygens (including phenoxy) is 4. The molecule has 1 saturated heterocycles. The van der Waals surface area contributed by atoms with Crippen LogP contribution in [0.15, 0.2) is 183 Å². The number of nitrogens with one attached hydrogen (secondary N) is 1. The van der Waals surface area contributed by atoms with Crippen molar-refractivity contribution in [1.82, 2.24) is 50.2 Å². The predicted molar refractivity (Wildman–Crippen MR) is 540 cm³/mol. The van der Waals surface area contributed by atoms with Gasteiger partial charge in [-0.05, 0) is 235 Å². The fourth-order valence-corrected chi connectivity index (χ4v) is 20.9. The third kappa shape index (κ3) is 28.4. The zero-order valence-electron chi connectivity index (χ0n) is 83.4. The van der Waals surface area contributed by atoms with Gasteiger partial charge in [0.1, 0.15) is 124 Å². The van der Waals surface area contributed by atoms with Gasteiger partial charge in [0.2, 0.25) is 0 Å². The number of sulfone groups is 2. The van der Waals surface area contributed by atoms with Crippen molar-refractivity contribution in [2.24, 2.45) is 46.6 Å². The standard InChI is InChI=1S/2C28H30F3N3O4S.C27H28F3N5O3.C25H27F2N5O2/c2*1-16-12-17(13-23(32)28(16)38-10-11-39(2,36)37)19-8-9-33-15-18(19)14-25(35)24-7-6-22(31)27(34-24)26-20(29)4-3-5-21(26)30;1-14-8-18(29)24(19(30)9-14)26-17(28)4-5-21(33-26)23(36)10-16-11-32-7-6-22(16)35-12-15(2)25(20(31)13-35)34-27(37)38-3;1-13-8-14(9-19(28)24(13)34-2)16-6-7-30-11-15(16)10-21(33)23-20(29)12-31-25(32-23)22-17(26)4-3-5-18(22)27/h2*3-9,15-17,23,28H,10-14,32H2,1-2H3;4-9,11,15,20,25H,10,12-13,31H2,1-3H3,(H,34,37);3-7,11-14,19,24H,8-10,28-29H2,1-2H3/t2*16-,17+,23+,28-;15-,20+,25-;13-,14+,19+,24-/m1000/s1. The van der Waals surface area contributed by atoms with Gasteiger partial charge in [0.25, 0.3) is 0 Å². The second-order valence-corrected chi connectivity index (χ2v) is 42.9. The monoisotopic (exact) mass is 2120 g/mol. The van der Waals surface area contributed by atoms with Crippen LogP contribution < -0.4 is 38.9 Å². The van der Waals surface area contributed by atoms with Crippen LogP contribution in [0.25, 0.3) is 45.2 Å². The molecule has 16 rings (SSSR count). The molecule has 12 aromatic rings. The molecular formula is C108H115F11N16O13S2. The van der Waals surface area contributed by atoms with Gasteiger partial charge >= 0.3 is 6.09 Å². The Kier molecular flexibility index (Phi) is 38.1. The summed E-state index contributed by atoms with van der Waals surface area (Å²) in [6, 6.07) is 24.2. The first kappa shape index (κ1) is 114. The van der Waals surface area contributed by atoms with Crippen LogP contribution in [-0.2, 0) is 64.3 Å². The van der Waals surface area contributed by atoms with Gasteiger partial charge in [0.05, 0.1) is 90.3 Å². The van der Waals surface area contributed by atoms with Crippen LogP contribution in [0, 0.1) is 94.6 Å². The average Bonchev–Trinajstić information content (AvgIpc) is 0.798. The summed E-state index contributed by atoms with van der Waals surface area (Å²) in [6.07, 6.45) is 19.0. The number of alkyl carbamates (subject to hydrolysis) is 1. The number of ketones is 4. The Bertz CT molecular complexity index is 6830. The number of rotatable bonds is 30. The molecule has 794 valence electrons. The second kappa shape index (κ2) is 50.4. The highest BCUT2D eigenvalue weighted by atomic mass is 32.2. The van der Waals surface area contributed by atoms with Crippen molar-refractivity contribution in [3.05, 3.63) is 314 Å². The van der Waals surface area contributed by atoms with Crippen LogP contribution in [-0.4, -0.2) is 204 Å². The topological polar surface area (TPSA) is 452 Å². The number of carbonyl (C=O) groups excluding carboxylic acids is 5. The molecule has 4 aromatic carbocycles. The summed E-state index contributed by atoms with van der Waals surface area (Å²) in [5.41, 5.74) is 33.5. The lowest BCUT2D eigenvalue weighted by Gasteiger charge is -2.42. The van der Waals surface area contributed by atoms with Gasteiger partial charge in [-0.3, -0.25) is 39.1 Å². The Hall–Kier alpha value is -13.6. The van der Waals surface area contributed by atoms with Crippen LogP contribution in [0.1, 0.15) is 170 Å². The molecule has 0 spiro atoms. The first-order valence-electron chi connectivity index (χ1n) is 48.3. The number of hydrogen-bond acceptors (Lipinski definition) is 28. The Balaban J connectivity index is 0.000000167.